The number of hydrogen-bond acceptors (Lipinski definition) is 4. The second-order valence-corrected chi connectivity index (χ2v) is 4.86. The number of rotatable bonds is 3. The van der Waals surface area contributed by atoms with Gasteiger partial charge in [0.15, 0.2) is 5.82 Å². The summed E-state index contributed by atoms with van der Waals surface area (Å²) in [7, 11) is 0. The monoisotopic (exact) mass is 322 g/mol. The summed E-state index contributed by atoms with van der Waals surface area (Å²) >= 11 is 0. The largest absolute Gasteiger partial charge is 0.416 e. The van der Waals surface area contributed by atoms with Gasteiger partial charge < -0.3 is 4.52 Å². The summed E-state index contributed by atoms with van der Waals surface area (Å²) in [5, 5.41) is 13.1. The number of nitrogens with zero attached hydrogens (tertiary/aromatic N) is 3. The molecule has 0 aliphatic rings. The van der Waals surface area contributed by atoms with Crippen molar-refractivity contribution in [3.05, 3.63) is 65.7 Å². The van der Waals surface area contributed by atoms with Crippen LogP contribution in [0.2, 0.25) is 0 Å². The Kier molecular flexibility index (Phi) is 3.73. The highest BCUT2D eigenvalue weighted by Crippen LogP contribution is 2.30. The molecule has 0 bridgehead atoms. The maximum absolute atomic E-state index is 12.7. The van der Waals surface area contributed by atoms with Gasteiger partial charge in [-0.05, 0) is 17.7 Å². The Morgan fingerprint density at radius 3 is 2.74 bits per heavy atom. The fourth-order valence-corrected chi connectivity index (χ4v) is 2.07. The van der Waals surface area contributed by atoms with E-state index in [2.05, 4.69) is 10.1 Å². The molecule has 0 saturated heterocycles. The fourth-order valence-electron chi connectivity index (χ4n) is 2.07. The number of hydrogen-bond donors (Lipinski definition) is 1. The molecule has 0 amide bonds. The van der Waals surface area contributed by atoms with Gasteiger partial charge in [-0.1, -0.05) is 23.4 Å². The lowest BCUT2D eigenvalue weighted by molar-refractivity contribution is -0.904. The first-order valence-electron chi connectivity index (χ1n) is 6.61. The lowest BCUT2D eigenvalue weighted by atomic mass is 10.1. The SMILES string of the molecule is O[n+]1cccc(-c2nc(Cc3cccc(C(F)(F)F)c3)no2)c1. The van der Waals surface area contributed by atoms with Crippen molar-refractivity contribution >= 4 is 0 Å². The normalized spacial score (nSPS) is 11.6. The molecule has 0 spiro atoms. The first-order chi connectivity index (χ1) is 10.9. The standard InChI is InChI=1S/C15H11F3N3O2/c16-15(17,18)12-5-1-3-10(7-12)8-13-19-14(23-20-13)11-4-2-6-21(22)9-11/h1-7,9,22H,8H2/q+1. The van der Waals surface area contributed by atoms with Crippen LogP contribution >= 0.6 is 0 Å². The van der Waals surface area contributed by atoms with Crippen LogP contribution in [-0.4, -0.2) is 15.3 Å². The van der Waals surface area contributed by atoms with Crippen molar-refractivity contribution in [2.24, 2.45) is 0 Å². The van der Waals surface area contributed by atoms with Crippen LogP contribution in [0.15, 0.2) is 53.3 Å². The molecule has 1 N–H and O–H groups in total. The molecule has 0 aliphatic heterocycles. The Morgan fingerprint density at radius 1 is 1.17 bits per heavy atom. The Hall–Kier alpha value is -2.90. The van der Waals surface area contributed by atoms with Crippen LogP contribution in [0.1, 0.15) is 17.0 Å². The Balaban J connectivity index is 1.82. The molecule has 0 aliphatic carbocycles. The fraction of sp³-hybridized carbons (Fsp3) is 0.133. The van der Waals surface area contributed by atoms with Crippen molar-refractivity contribution in [1.82, 2.24) is 10.1 Å². The molecule has 0 atom stereocenters. The van der Waals surface area contributed by atoms with Crippen LogP contribution in [0.25, 0.3) is 11.5 Å². The average molecular weight is 322 g/mol. The first-order valence-corrected chi connectivity index (χ1v) is 6.61. The zero-order chi connectivity index (χ0) is 16.4. The van der Waals surface area contributed by atoms with Gasteiger partial charge >= 0.3 is 6.18 Å². The van der Waals surface area contributed by atoms with Crippen molar-refractivity contribution < 1.29 is 27.6 Å². The molecule has 118 valence electrons. The Labute approximate surface area is 128 Å². The van der Waals surface area contributed by atoms with Crippen LogP contribution in [0.3, 0.4) is 0 Å². The summed E-state index contributed by atoms with van der Waals surface area (Å²) in [5.74, 6) is 0.433. The van der Waals surface area contributed by atoms with Crippen molar-refractivity contribution in [2.45, 2.75) is 12.6 Å². The van der Waals surface area contributed by atoms with E-state index in [1.807, 2.05) is 0 Å². The molecular weight excluding hydrogens is 311 g/mol. The second kappa shape index (κ2) is 5.71. The lowest BCUT2D eigenvalue weighted by Gasteiger charge is -2.07. The van der Waals surface area contributed by atoms with E-state index in [9.17, 15) is 18.4 Å². The van der Waals surface area contributed by atoms with Gasteiger partial charge in [-0.25, -0.2) is 0 Å². The number of alkyl halides is 3. The van der Waals surface area contributed by atoms with Crippen LogP contribution in [0, 0.1) is 0 Å². The summed E-state index contributed by atoms with van der Waals surface area (Å²) in [4.78, 5) is 4.13. The maximum Gasteiger partial charge on any atom is 0.416 e. The molecule has 0 unspecified atom stereocenters. The van der Waals surface area contributed by atoms with Gasteiger partial charge in [0.25, 0.3) is 5.89 Å². The number of pyridine rings is 1. The summed E-state index contributed by atoms with van der Waals surface area (Å²) in [6, 6.07) is 8.22. The van der Waals surface area contributed by atoms with Gasteiger partial charge in [-0.2, -0.15) is 18.2 Å². The molecule has 0 fully saturated rings. The zero-order valence-corrected chi connectivity index (χ0v) is 11.7. The number of aromatic nitrogens is 3. The van der Waals surface area contributed by atoms with Gasteiger partial charge in [0.05, 0.1) is 5.56 Å². The molecule has 1 aromatic carbocycles. The Bertz CT molecular complexity index is 831. The van der Waals surface area contributed by atoms with E-state index in [4.69, 9.17) is 4.52 Å². The highest BCUT2D eigenvalue weighted by molar-refractivity contribution is 5.49. The van der Waals surface area contributed by atoms with Crippen LogP contribution < -0.4 is 4.73 Å². The van der Waals surface area contributed by atoms with E-state index in [1.165, 1.54) is 18.5 Å². The smallest absolute Gasteiger partial charge is 0.334 e. The van der Waals surface area contributed by atoms with Gasteiger partial charge in [-0.3, -0.25) is 5.21 Å². The molecule has 3 rings (SSSR count). The van der Waals surface area contributed by atoms with Crippen molar-refractivity contribution in [2.75, 3.05) is 0 Å². The van der Waals surface area contributed by atoms with Gasteiger partial charge in [0.2, 0.25) is 12.4 Å². The van der Waals surface area contributed by atoms with E-state index in [-0.39, 0.29) is 18.1 Å². The quantitative estimate of drug-likeness (QED) is 0.595. The van der Waals surface area contributed by atoms with Gasteiger partial charge in [0, 0.05) is 17.2 Å². The minimum atomic E-state index is -4.39. The maximum atomic E-state index is 12.7. The molecule has 23 heavy (non-hydrogen) atoms. The minimum Gasteiger partial charge on any atom is -0.334 e. The summed E-state index contributed by atoms with van der Waals surface area (Å²) in [6.07, 6.45) is -1.48. The van der Waals surface area contributed by atoms with E-state index in [0.29, 0.717) is 11.1 Å². The summed E-state index contributed by atoms with van der Waals surface area (Å²) in [6.45, 7) is 0. The molecule has 2 aromatic heterocycles. The summed E-state index contributed by atoms with van der Waals surface area (Å²) in [5.41, 5.74) is 0.207. The first kappa shape index (κ1) is 15.0. The van der Waals surface area contributed by atoms with E-state index < -0.39 is 11.7 Å². The van der Waals surface area contributed by atoms with Crippen molar-refractivity contribution in [1.29, 1.82) is 0 Å². The third-order valence-electron chi connectivity index (χ3n) is 3.12. The van der Waals surface area contributed by atoms with E-state index in [0.717, 1.165) is 16.9 Å². The minimum absolute atomic E-state index is 0.110. The lowest BCUT2D eigenvalue weighted by Crippen LogP contribution is -2.28. The summed E-state index contributed by atoms with van der Waals surface area (Å²) < 4.78 is 44.0. The average Bonchev–Trinajstić information content (AvgIpc) is 2.95. The second-order valence-electron chi connectivity index (χ2n) is 4.86. The molecule has 8 heteroatoms. The van der Waals surface area contributed by atoms with Crippen molar-refractivity contribution in [3.63, 3.8) is 0 Å². The van der Waals surface area contributed by atoms with E-state index >= 15 is 0 Å². The molecule has 5 nitrogen and oxygen atoms in total. The molecular formula is C15H11F3N3O2+. The van der Waals surface area contributed by atoms with Crippen LogP contribution in [-0.2, 0) is 12.6 Å². The predicted molar refractivity (Wildman–Crippen MR) is 71.4 cm³/mol. The third-order valence-corrected chi connectivity index (χ3v) is 3.12. The van der Waals surface area contributed by atoms with E-state index in [1.54, 1.807) is 18.2 Å². The Morgan fingerprint density at radius 2 is 2.00 bits per heavy atom. The number of benzene rings is 1. The van der Waals surface area contributed by atoms with Crippen molar-refractivity contribution in [3.8, 4) is 11.5 Å². The van der Waals surface area contributed by atoms with Gasteiger partial charge in [0.1, 0.15) is 5.56 Å². The molecule has 2 heterocycles. The number of halogens is 3. The van der Waals surface area contributed by atoms with Gasteiger partial charge in [-0.15, -0.1) is 0 Å². The van der Waals surface area contributed by atoms with Crippen LogP contribution in [0.5, 0.6) is 0 Å². The van der Waals surface area contributed by atoms with Crippen LogP contribution in [0.4, 0.5) is 13.2 Å². The highest BCUT2D eigenvalue weighted by Gasteiger charge is 2.30. The zero-order valence-electron chi connectivity index (χ0n) is 11.7. The topological polar surface area (TPSA) is 63.0 Å². The highest BCUT2D eigenvalue weighted by atomic mass is 19.4. The predicted octanol–water partition coefficient (Wildman–Crippen LogP) is 2.87. The molecule has 0 saturated carbocycles. The molecule has 0 radical (unpaired) electrons. The third kappa shape index (κ3) is 3.47. The molecule has 3 aromatic rings.